The van der Waals surface area contributed by atoms with Crippen molar-refractivity contribution >= 4 is 5.91 Å². The Labute approximate surface area is 95.7 Å². The first-order valence-electron chi connectivity index (χ1n) is 5.49. The number of rotatable bonds is 6. The second kappa shape index (κ2) is 6.95. The average Bonchev–Trinajstić information content (AvgIpc) is 2.34. The van der Waals surface area contributed by atoms with Crippen LogP contribution in [0.1, 0.15) is 18.9 Å². The monoisotopic (exact) mass is 222 g/mol. The fourth-order valence-electron chi connectivity index (χ4n) is 1.25. The summed E-state index contributed by atoms with van der Waals surface area (Å²) in [5.74, 6) is 0.141. The fraction of sp³-hybridized carbons (Fsp3) is 0.500. The molecule has 1 atom stereocenters. The molecular formula is C12H18N2O2. The Morgan fingerprint density at radius 2 is 2.19 bits per heavy atom. The molecule has 0 aromatic carbocycles. The maximum Gasteiger partial charge on any atom is 0.220 e. The molecular weight excluding hydrogens is 204 g/mol. The first-order valence-corrected chi connectivity index (χ1v) is 5.49. The Balaban J connectivity index is 2.20. The largest absolute Gasteiger partial charge is 0.396 e. The lowest BCUT2D eigenvalue weighted by atomic mass is 10.1. The number of aryl methyl sites for hydroxylation is 1. The average molecular weight is 222 g/mol. The number of hydrogen-bond donors (Lipinski definition) is 2. The molecule has 1 amide bonds. The van der Waals surface area contributed by atoms with Crippen LogP contribution >= 0.6 is 0 Å². The lowest BCUT2D eigenvalue weighted by molar-refractivity contribution is -0.121. The zero-order valence-corrected chi connectivity index (χ0v) is 9.52. The summed E-state index contributed by atoms with van der Waals surface area (Å²) >= 11 is 0. The number of nitrogens with zero attached hydrogens (tertiary/aromatic N) is 1. The van der Waals surface area contributed by atoms with Crippen molar-refractivity contribution in [3.05, 3.63) is 30.1 Å². The fourth-order valence-corrected chi connectivity index (χ4v) is 1.25. The van der Waals surface area contributed by atoms with E-state index in [4.69, 9.17) is 5.11 Å². The number of aromatic nitrogens is 1. The molecule has 0 aliphatic heterocycles. The number of aliphatic hydroxyl groups is 1. The highest BCUT2D eigenvalue weighted by molar-refractivity contribution is 5.76. The van der Waals surface area contributed by atoms with Gasteiger partial charge in [-0.1, -0.05) is 6.92 Å². The molecule has 1 heterocycles. The molecule has 0 bridgehead atoms. The van der Waals surface area contributed by atoms with E-state index in [0.717, 1.165) is 12.0 Å². The zero-order valence-electron chi connectivity index (χ0n) is 9.52. The quantitative estimate of drug-likeness (QED) is 0.747. The molecule has 0 saturated heterocycles. The molecule has 0 radical (unpaired) electrons. The molecule has 1 unspecified atom stereocenters. The highest BCUT2D eigenvalue weighted by atomic mass is 16.3. The van der Waals surface area contributed by atoms with Gasteiger partial charge in [-0.05, 0) is 30.0 Å². The van der Waals surface area contributed by atoms with Gasteiger partial charge >= 0.3 is 0 Å². The topological polar surface area (TPSA) is 62.2 Å². The molecule has 0 fully saturated rings. The van der Waals surface area contributed by atoms with Crippen LogP contribution in [0.4, 0.5) is 0 Å². The third-order valence-corrected chi connectivity index (χ3v) is 2.35. The van der Waals surface area contributed by atoms with E-state index in [0.29, 0.717) is 13.0 Å². The van der Waals surface area contributed by atoms with Crippen LogP contribution < -0.4 is 5.32 Å². The SMILES string of the molecule is CC(CO)CNC(=O)CCc1ccncc1. The van der Waals surface area contributed by atoms with E-state index in [1.807, 2.05) is 19.1 Å². The summed E-state index contributed by atoms with van der Waals surface area (Å²) in [6.07, 6.45) is 4.65. The number of carbonyl (C=O) groups excluding carboxylic acids is 1. The second-order valence-electron chi connectivity index (χ2n) is 3.95. The van der Waals surface area contributed by atoms with Gasteiger partial charge in [-0.3, -0.25) is 9.78 Å². The molecule has 1 aromatic heterocycles. The van der Waals surface area contributed by atoms with Crippen LogP contribution in [-0.2, 0) is 11.2 Å². The second-order valence-corrected chi connectivity index (χ2v) is 3.95. The molecule has 0 aliphatic rings. The van der Waals surface area contributed by atoms with Gasteiger partial charge in [-0.25, -0.2) is 0 Å². The van der Waals surface area contributed by atoms with Crippen molar-refractivity contribution in [1.29, 1.82) is 0 Å². The zero-order chi connectivity index (χ0) is 11.8. The number of pyridine rings is 1. The predicted molar refractivity (Wildman–Crippen MR) is 61.8 cm³/mol. The highest BCUT2D eigenvalue weighted by Crippen LogP contribution is 2.00. The van der Waals surface area contributed by atoms with Crippen molar-refractivity contribution in [1.82, 2.24) is 10.3 Å². The van der Waals surface area contributed by atoms with Crippen molar-refractivity contribution < 1.29 is 9.90 Å². The molecule has 1 aromatic rings. The van der Waals surface area contributed by atoms with Crippen molar-refractivity contribution in [2.24, 2.45) is 5.92 Å². The standard InChI is InChI=1S/C12H18N2O2/c1-10(9-15)8-14-12(16)3-2-11-4-6-13-7-5-11/h4-7,10,15H,2-3,8-9H2,1H3,(H,14,16). The Hall–Kier alpha value is -1.42. The Morgan fingerprint density at radius 3 is 2.81 bits per heavy atom. The van der Waals surface area contributed by atoms with Gasteiger partial charge in [0.05, 0.1) is 0 Å². The van der Waals surface area contributed by atoms with Crippen LogP contribution in [0.15, 0.2) is 24.5 Å². The first-order chi connectivity index (χ1) is 7.72. The van der Waals surface area contributed by atoms with Gasteiger partial charge in [-0.15, -0.1) is 0 Å². The third-order valence-electron chi connectivity index (χ3n) is 2.35. The van der Waals surface area contributed by atoms with Crippen molar-refractivity contribution in [2.75, 3.05) is 13.2 Å². The summed E-state index contributed by atoms with van der Waals surface area (Å²) < 4.78 is 0. The summed E-state index contributed by atoms with van der Waals surface area (Å²) in [6, 6.07) is 3.81. The van der Waals surface area contributed by atoms with Crippen LogP contribution in [0.5, 0.6) is 0 Å². The number of amides is 1. The molecule has 4 nitrogen and oxygen atoms in total. The van der Waals surface area contributed by atoms with Gasteiger partial charge in [0.25, 0.3) is 0 Å². The number of hydrogen-bond acceptors (Lipinski definition) is 3. The van der Waals surface area contributed by atoms with E-state index in [2.05, 4.69) is 10.3 Å². The normalized spacial score (nSPS) is 12.1. The van der Waals surface area contributed by atoms with E-state index in [1.54, 1.807) is 12.4 Å². The molecule has 0 spiro atoms. The van der Waals surface area contributed by atoms with Gasteiger partial charge in [0.2, 0.25) is 5.91 Å². The minimum Gasteiger partial charge on any atom is -0.396 e. The van der Waals surface area contributed by atoms with Crippen LogP contribution in [0.2, 0.25) is 0 Å². The van der Waals surface area contributed by atoms with Crippen LogP contribution in [-0.4, -0.2) is 29.1 Å². The molecule has 2 N–H and O–H groups in total. The Morgan fingerprint density at radius 1 is 1.50 bits per heavy atom. The van der Waals surface area contributed by atoms with Gasteiger partial charge in [0.15, 0.2) is 0 Å². The minimum absolute atomic E-state index is 0.0251. The van der Waals surface area contributed by atoms with Crippen LogP contribution in [0.3, 0.4) is 0 Å². The van der Waals surface area contributed by atoms with Gasteiger partial charge < -0.3 is 10.4 Å². The molecule has 4 heteroatoms. The lowest BCUT2D eigenvalue weighted by Crippen LogP contribution is -2.29. The van der Waals surface area contributed by atoms with E-state index >= 15 is 0 Å². The number of nitrogens with one attached hydrogen (secondary N) is 1. The highest BCUT2D eigenvalue weighted by Gasteiger charge is 2.04. The molecule has 0 aliphatic carbocycles. The molecule has 0 saturated carbocycles. The summed E-state index contributed by atoms with van der Waals surface area (Å²) in [7, 11) is 0. The number of aliphatic hydroxyl groups excluding tert-OH is 1. The van der Waals surface area contributed by atoms with Crippen molar-refractivity contribution in [3.8, 4) is 0 Å². The van der Waals surface area contributed by atoms with Crippen LogP contribution in [0, 0.1) is 5.92 Å². The minimum atomic E-state index is 0.0251. The van der Waals surface area contributed by atoms with Gasteiger partial charge in [0, 0.05) is 32.0 Å². The maximum atomic E-state index is 11.4. The third kappa shape index (κ3) is 4.89. The summed E-state index contributed by atoms with van der Waals surface area (Å²) in [5, 5.41) is 11.6. The van der Waals surface area contributed by atoms with E-state index in [9.17, 15) is 4.79 Å². The molecule has 16 heavy (non-hydrogen) atoms. The summed E-state index contributed by atoms with van der Waals surface area (Å²) in [5.41, 5.74) is 1.11. The van der Waals surface area contributed by atoms with Crippen LogP contribution in [0.25, 0.3) is 0 Å². The predicted octanol–water partition coefficient (Wildman–Crippen LogP) is 0.759. The Kier molecular flexibility index (Phi) is 5.50. The smallest absolute Gasteiger partial charge is 0.220 e. The van der Waals surface area contributed by atoms with E-state index in [-0.39, 0.29) is 18.4 Å². The van der Waals surface area contributed by atoms with Gasteiger partial charge in [-0.2, -0.15) is 0 Å². The van der Waals surface area contributed by atoms with Gasteiger partial charge in [0.1, 0.15) is 0 Å². The van der Waals surface area contributed by atoms with Crippen molar-refractivity contribution in [2.45, 2.75) is 19.8 Å². The maximum absolute atomic E-state index is 11.4. The first kappa shape index (κ1) is 12.6. The summed E-state index contributed by atoms with van der Waals surface area (Å²) in [6.45, 7) is 2.53. The molecule has 88 valence electrons. The summed E-state index contributed by atoms with van der Waals surface area (Å²) in [4.78, 5) is 15.3. The van der Waals surface area contributed by atoms with E-state index in [1.165, 1.54) is 0 Å². The Bertz CT molecular complexity index is 314. The lowest BCUT2D eigenvalue weighted by Gasteiger charge is -2.09. The number of carbonyl (C=O) groups is 1. The van der Waals surface area contributed by atoms with Crippen molar-refractivity contribution in [3.63, 3.8) is 0 Å². The van der Waals surface area contributed by atoms with E-state index < -0.39 is 0 Å². The molecule has 1 rings (SSSR count).